The van der Waals surface area contributed by atoms with Crippen molar-refractivity contribution in [2.45, 2.75) is 74.1 Å². The van der Waals surface area contributed by atoms with Crippen molar-refractivity contribution in [1.29, 1.82) is 0 Å². The Balaban J connectivity index is 1.21. The van der Waals surface area contributed by atoms with E-state index in [1.807, 2.05) is 41.3 Å². The predicted molar refractivity (Wildman–Crippen MR) is 142 cm³/mol. The van der Waals surface area contributed by atoms with Crippen molar-refractivity contribution < 1.29 is 19.6 Å². The smallest absolute Gasteiger partial charge is 0.411 e. The number of para-hydroxylation sites is 1. The Morgan fingerprint density at radius 3 is 2.58 bits per heavy atom. The minimum absolute atomic E-state index is 0.101. The molecule has 1 heterocycles. The molecule has 0 spiro atoms. The fourth-order valence-electron chi connectivity index (χ4n) is 8.04. The highest BCUT2D eigenvalue weighted by Crippen LogP contribution is 2.60. The maximum Gasteiger partial charge on any atom is 0.411 e. The molecule has 0 radical (unpaired) electrons. The van der Waals surface area contributed by atoms with E-state index < -0.39 is 6.09 Å². The molecule has 7 heteroatoms. The zero-order valence-electron chi connectivity index (χ0n) is 21.2. The standard InChI is InChI=1S/C29H35N3O3S/c1-3-35-27(34)31-21-8-9-25-23(13-21)32(22-6-4-5-7-24(22)36-25)26(33)10-11-30-29-16-19-12-20(17-29)15-28(2,14-19)18-29/h4-9,13,19-20,30H,3,10-12,14-18H2,1-2H3,(H,31,34)/p+1/t19-,20+,28?,29?. The lowest BCUT2D eigenvalue weighted by molar-refractivity contribution is -0.739. The van der Waals surface area contributed by atoms with Crippen LogP contribution in [0.25, 0.3) is 0 Å². The van der Waals surface area contributed by atoms with Crippen LogP contribution >= 0.6 is 11.8 Å². The number of rotatable bonds is 6. The second-order valence-corrected chi connectivity index (χ2v) is 12.8. The fraction of sp³-hybridized carbons (Fsp3) is 0.517. The summed E-state index contributed by atoms with van der Waals surface area (Å²) in [6.45, 7) is 5.40. The van der Waals surface area contributed by atoms with Crippen molar-refractivity contribution in [2.24, 2.45) is 17.3 Å². The molecule has 0 aromatic heterocycles. The van der Waals surface area contributed by atoms with Crippen molar-refractivity contribution in [3.05, 3.63) is 42.5 Å². The van der Waals surface area contributed by atoms with E-state index in [2.05, 4.69) is 23.6 Å². The van der Waals surface area contributed by atoms with Crippen LogP contribution in [0.2, 0.25) is 0 Å². The summed E-state index contributed by atoms with van der Waals surface area (Å²) in [5.41, 5.74) is 3.20. The normalized spacial score (nSPS) is 29.4. The number of nitrogens with one attached hydrogen (secondary N) is 1. The summed E-state index contributed by atoms with van der Waals surface area (Å²) < 4.78 is 5.04. The molecule has 3 N–H and O–H groups in total. The molecular formula is C29H36N3O3S+. The van der Waals surface area contributed by atoms with Gasteiger partial charge in [-0.05, 0) is 73.8 Å². The van der Waals surface area contributed by atoms with Crippen molar-refractivity contribution in [2.75, 3.05) is 23.4 Å². The third-order valence-corrected chi connectivity index (χ3v) is 9.76. The summed E-state index contributed by atoms with van der Waals surface area (Å²) in [7, 11) is 0. The Morgan fingerprint density at radius 1 is 1.08 bits per heavy atom. The van der Waals surface area contributed by atoms with Crippen LogP contribution in [-0.2, 0) is 9.53 Å². The van der Waals surface area contributed by atoms with E-state index in [1.54, 1.807) is 18.7 Å². The molecular weight excluding hydrogens is 470 g/mol. The quantitative estimate of drug-likeness (QED) is 0.527. The number of hydrogen-bond donors (Lipinski definition) is 2. The van der Waals surface area contributed by atoms with Crippen LogP contribution in [0.4, 0.5) is 21.9 Å². The maximum absolute atomic E-state index is 13.8. The molecule has 7 rings (SSSR count). The number of anilines is 3. The summed E-state index contributed by atoms with van der Waals surface area (Å²) in [5, 5.41) is 5.32. The van der Waals surface area contributed by atoms with E-state index in [4.69, 9.17) is 4.74 Å². The predicted octanol–water partition coefficient (Wildman–Crippen LogP) is 5.70. The number of nitrogens with two attached hydrogens (primary N) is 1. The first-order chi connectivity index (χ1) is 17.4. The topological polar surface area (TPSA) is 75.2 Å². The number of quaternary nitrogens is 1. The van der Waals surface area contributed by atoms with E-state index in [1.165, 1.54) is 38.5 Å². The van der Waals surface area contributed by atoms with Gasteiger partial charge in [-0.25, -0.2) is 4.79 Å². The van der Waals surface area contributed by atoms with Crippen molar-refractivity contribution in [1.82, 2.24) is 0 Å². The highest BCUT2D eigenvalue weighted by molar-refractivity contribution is 7.99. The second-order valence-electron chi connectivity index (χ2n) is 11.7. The van der Waals surface area contributed by atoms with Crippen molar-refractivity contribution in [3.63, 3.8) is 0 Å². The van der Waals surface area contributed by atoms with Crippen LogP contribution < -0.4 is 15.5 Å². The number of fused-ring (bicyclic) bond motifs is 2. The Morgan fingerprint density at radius 2 is 1.83 bits per heavy atom. The summed E-state index contributed by atoms with van der Waals surface area (Å²) >= 11 is 1.66. The van der Waals surface area contributed by atoms with Gasteiger partial charge in [-0.3, -0.25) is 15.0 Å². The van der Waals surface area contributed by atoms with E-state index >= 15 is 0 Å². The van der Waals surface area contributed by atoms with E-state index in [9.17, 15) is 9.59 Å². The molecule has 2 amide bonds. The molecule has 6 nitrogen and oxygen atoms in total. The van der Waals surface area contributed by atoms with Gasteiger partial charge in [-0.1, -0.05) is 30.8 Å². The second kappa shape index (κ2) is 9.10. The molecule has 190 valence electrons. The maximum atomic E-state index is 13.8. The number of ether oxygens (including phenoxy) is 1. The number of hydrogen-bond acceptors (Lipinski definition) is 4. The SMILES string of the molecule is CCOC(=O)Nc1ccc2c(c1)N(C(=O)CC[NH2+]C13C[C@@H]4C[C@@H](CC(C)(C4)C1)C3)c1ccccc1S2. The van der Waals surface area contributed by atoms with Gasteiger partial charge in [0.15, 0.2) is 0 Å². The number of nitrogens with zero attached hydrogens (tertiary/aromatic N) is 1. The van der Waals surface area contributed by atoms with Gasteiger partial charge in [0.1, 0.15) is 0 Å². The largest absolute Gasteiger partial charge is 0.450 e. The summed E-state index contributed by atoms with van der Waals surface area (Å²) in [6, 6.07) is 13.8. The average Bonchev–Trinajstić information content (AvgIpc) is 2.81. The van der Waals surface area contributed by atoms with Crippen LogP contribution in [0.3, 0.4) is 0 Å². The molecule has 4 saturated carbocycles. The van der Waals surface area contributed by atoms with Gasteiger partial charge in [-0.2, -0.15) is 0 Å². The van der Waals surface area contributed by atoms with Gasteiger partial charge >= 0.3 is 6.09 Å². The first-order valence-corrected chi connectivity index (χ1v) is 14.2. The summed E-state index contributed by atoms with van der Waals surface area (Å²) in [6.07, 6.45) is 8.17. The molecule has 5 aliphatic rings. The van der Waals surface area contributed by atoms with Crippen LogP contribution in [-0.4, -0.2) is 30.7 Å². The minimum Gasteiger partial charge on any atom is -0.450 e. The average molecular weight is 507 g/mol. The summed E-state index contributed by atoms with van der Waals surface area (Å²) in [5.74, 6) is 1.86. The number of carbonyl (C=O) groups is 2. The molecule has 4 aliphatic carbocycles. The molecule has 2 aromatic carbocycles. The van der Waals surface area contributed by atoms with Gasteiger partial charge in [-0.15, -0.1) is 0 Å². The van der Waals surface area contributed by atoms with E-state index in [0.29, 0.717) is 29.7 Å². The monoisotopic (exact) mass is 506 g/mol. The highest BCUT2D eigenvalue weighted by Gasteiger charge is 2.57. The van der Waals surface area contributed by atoms with Gasteiger partial charge < -0.3 is 10.1 Å². The van der Waals surface area contributed by atoms with Crippen LogP contribution in [0.15, 0.2) is 52.3 Å². The van der Waals surface area contributed by atoms with Crippen LogP contribution in [0, 0.1) is 17.3 Å². The molecule has 4 atom stereocenters. The van der Waals surface area contributed by atoms with Crippen molar-refractivity contribution in [3.8, 4) is 0 Å². The lowest BCUT2D eigenvalue weighted by atomic mass is 9.47. The van der Waals surface area contributed by atoms with Crippen LogP contribution in [0.1, 0.15) is 58.8 Å². The molecule has 2 aromatic rings. The Hall–Kier alpha value is -2.51. The molecule has 2 unspecified atom stereocenters. The Bertz CT molecular complexity index is 1180. The minimum atomic E-state index is -0.488. The number of carbonyl (C=O) groups excluding carboxylic acids is 2. The first kappa shape index (κ1) is 23.9. The molecule has 1 aliphatic heterocycles. The van der Waals surface area contributed by atoms with Crippen LogP contribution in [0.5, 0.6) is 0 Å². The van der Waals surface area contributed by atoms with Gasteiger partial charge in [0, 0.05) is 34.7 Å². The molecule has 4 bridgehead atoms. The van der Waals surface area contributed by atoms with Gasteiger partial charge in [0.25, 0.3) is 0 Å². The molecule has 0 saturated heterocycles. The Labute approximate surface area is 217 Å². The third kappa shape index (κ3) is 4.41. The van der Waals surface area contributed by atoms with E-state index in [-0.39, 0.29) is 5.91 Å². The molecule has 36 heavy (non-hydrogen) atoms. The first-order valence-electron chi connectivity index (χ1n) is 13.4. The van der Waals surface area contributed by atoms with Gasteiger partial charge in [0.2, 0.25) is 5.91 Å². The van der Waals surface area contributed by atoms with E-state index in [0.717, 1.165) is 39.5 Å². The Kier molecular flexibility index (Phi) is 6.03. The zero-order chi connectivity index (χ0) is 24.9. The highest BCUT2D eigenvalue weighted by atomic mass is 32.2. The lowest BCUT2D eigenvalue weighted by Gasteiger charge is -2.59. The third-order valence-electron chi connectivity index (χ3n) is 8.63. The number of amides is 2. The fourth-order valence-corrected chi connectivity index (χ4v) is 9.08. The molecule has 4 fully saturated rings. The number of benzene rings is 2. The zero-order valence-corrected chi connectivity index (χ0v) is 22.0. The lowest BCUT2D eigenvalue weighted by Crippen LogP contribution is -2.99. The summed E-state index contributed by atoms with van der Waals surface area (Å²) in [4.78, 5) is 29.7. The van der Waals surface area contributed by atoms with Crippen molar-refractivity contribution >= 4 is 40.8 Å². The van der Waals surface area contributed by atoms with Gasteiger partial charge in [0.05, 0.1) is 36.5 Å².